The summed E-state index contributed by atoms with van der Waals surface area (Å²) in [6.45, 7) is -0.411. The van der Waals surface area contributed by atoms with Crippen LogP contribution in [0.4, 0.5) is 11.8 Å². The SMILES string of the molecule is CN(C)Nc1nc(N)nc2c1ncn2C1OC(CO)C(O)C1O. The van der Waals surface area contributed by atoms with E-state index in [1.165, 1.54) is 10.9 Å². The molecule has 0 radical (unpaired) electrons. The normalized spacial score (nSPS) is 27.9. The van der Waals surface area contributed by atoms with Crippen molar-refractivity contribution in [3.8, 4) is 0 Å². The number of nitrogen functional groups attached to an aromatic ring is 1. The highest BCUT2D eigenvalue weighted by atomic mass is 16.6. The van der Waals surface area contributed by atoms with Crippen molar-refractivity contribution in [1.82, 2.24) is 24.5 Å². The molecule has 4 atom stereocenters. The first-order chi connectivity index (χ1) is 10.9. The third kappa shape index (κ3) is 2.68. The second-order valence-corrected chi connectivity index (χ2v) is 5.49. The summed E-state index contributed by atoms with van der Waals surface area (Å²) in [6.07, 6.45) is -2.84. The first-order valence-corrected chi connectivity index (χ1v) is 6.99. The molecule has 3 heterocycles. The molecular weight excluding hydrogens is 306 g/mol. The van der Waals surface area contributed by atoms with Crippen LogP contribution in [0.2, 0.25) is 0 Å². The highest BCUT2D eigenvalue weighted by Crippen LogP contribution is 2.32. The molecule has 126 valence electrons. The van der Waals surface area contributed by atoms with Crippen molar-refractivity contribution in [1.29, 1.82) is 0 Å². The number of aliphatic hydroxyl groups is 3. The van der Waals surface area contributed by atoms with E-state index in [0.29, 0.717) is 17.0 Å². The van der Waals surface area contributed by atoms with Crippen LogP contribution in [-0.4, -0.2) is 78.9 Å². The number of fused-ring (bicyclic) bond motifs is 1. The molecule has 0 aromatic carbocycles. The van der Waals surface area contributed by atoms with Crippen molar-refractivity contribution >= 4 is 22.9 Å². The molecule has 11 heteroatoms. The van der Waals surface area contributed by atoms with Gasteiger partial charge in [0.25, 0.3) is 0 Å². The number of hydrogen-bond acceptors (Lipinski definition) is 10. The molecule has 1 saturated heterocycles. The zero-order valence-electron chi connectivity index (χ0n) is 12.7. The molecule has 0 spiro atoms. The van der Waals surface area contributed by atoms with Gasteiger partial charge >= 0.3 is 0 Å². The Morgan fingerprint density at radius 2 is 2.09 bits per heavy atom. The number of nitrogens with one attached hydrogen (secondary N) is 1. The fourth-order valence-corrected chi connectivity index (χ4v) is 2.52. The van der Waals surface area contributed by atoms with Crippen LogP contribution < -0.4 is 11.2 Å². The number of hydrogen-bond donors (Lipinski definition) is 5. The Kier molecular flexibility index (Phi) is 4.04. The minimum absolute atomic E-state index is 0.0235. The molecule has 4 unspecified atom stereocenters. The van der Waals surface area contributed by atoms with Gasteiger partial charge in [-0.05, 0) is 0 Å². The number of nitrogens with zero attached hydrogens (tertiary/aromatic N) is 5. The van der Waals surface area contributed by atoms with E-state index < -0.39 is 31.1 Å². The second kappa shape index (κ2) is 5.86. The van der Waals surface area contributed by atoms with Crippen molar-refractivity contribution in [2.45, 2.75) is 24.5 Å². The molecule has 2 aromatic heterocycles. The predicted octanol–water partition coefficient (Wildman–Crippen LogP) is -2.09. The molecule has 0 amide bonds. The molecule has 1 fully saturated rings. The fourth-order valence-electron chi connectivity index (χ4n) is 2.52. The van der Waals surface area contributed by atoms with E-state index >= 15 is 0 Å². The van der Waals surface area contributed by atoms with Gasteiger partial charge in [0, 0.05) is 14.1 Å². The molecule has 0 saturated carbocycles. The van der Waals surface area contributed by atoms with Crippen LogP contribution in [0.3, 0.4) is 0 Å². The van der Waals surface area contributed by atoms with Gasteiger partial charge in [-0.25, -0.2) is 9.99 Å². The van der Waals surface area contributed by atoms with Crippen molar-refractivity contribution in [3.63, 3.8) is 0 Å². The largest absolute Gasteiger partial charge is 0.394 e. The van der Waals surface area contributed by atoms with Crippen molar-refractivity contribution in [2.24, 2.45) is 0 Å². The van der Waals surface area contributed by atoms with Crippen LogP contribution in [0.1, 0.15) is 6.23 Å². The van der Waals surface area contributed by atoms with E-state index in [-0.39, 0.29) is 5.95 Å². The lowest BCUT2D eigenvalue weighted by atomic mass is 10.1. The van der Waals surface area contributed by atoms with Gasteiger partial charge in [-0.15, -0.1) is 0 Å². The van der Waals surface area contributed by atoms with Gasteiger partial charge in [0.05, 0.1) is 12.9 Å². The first kappa shape index (κ1) is 15.8. The standard InChI is InChI=1S/C12H19N7O4/c1-18(2)17-9-6-10(16-12(13)15-9)19(4-14-6)11-8(22)7(21)5(3-20)23-11/h4-5,7-8,11,20-22H,3H2,1-2H3,(H3,13,15,16,17). The maximum absolute atomic E-state index is 10.1. The average molecular weight is 325 g/mol. The summed E-state index contributed by atoms with van der Waals surface area (Å²) in [5.74, 6) is 0.429. The van der Waals surface area contributed by atoms with E-state index in [1.54, 1.807) is 19.1 Å². The van der Waals surface area contributed by atoms with Crippen molar-refractivity contribution in [2.75, 3.05) is 31.9 Å². The summed E-state index contributed by atoms with van der Waals surface area (Å²) in [6, 6.07) is 0. The van der Waals surface area contributed by atoms with E-state index in [1.807, 2.05) is 0 Å². The van der Waals surface area contributed by atoms with Crippen LogP contribution in [0.25, 0.3) is 11.2 Å². The highest BCUT2D eigenvalue weighted by molar-refractivity contribution is 5.84. The molecule has 0 bridgehead atoms. The van der Waals surface area contributed by atoms with Gasteiger partial charge in [-0.3, -0.25) is 4.57 Å². The number of aromatic nitrogens is 4. The molecule has 0 aliphatic carbocycles. The summed E-state index contributed by atoms with van der Waals surface area (Å²) < 4.78 is 6.95. The van der Waals surface area contributed by atoms with E-state index in [9.17, 15) is 15.3 Å². The Labute approximate surface area is 131 Å². The molecule has 6 N–H and O–H groups in total. The number of imidazole rings is 1. The first-order valence-electron chi connectivity index (χ1n) is 6.99. The van der Waals surface area contributed by atoms with Crippen LogP contribution in [0.5, 0.6) is 0 Å². The third-order valence-electron chi connectivity index (χ3n) is 3.56. The van der Waals surface area contributed by atoms with E-state index in [0.717, 1.165) is 0 Å². The molecule has 3 rings (SSSR count). The summed E-state index contributed by atoms with van der Waals surface area (Å²) in [4.78, 5) is 12.4. The molecule has 1 aliphatic heterocycles. The monoisotopic (exact) mass is 325 g/mol. The van der Waals surface area contributed by atoms with Gasteiger partial charge < -0.3 is 31.2 Å². The summed E-state index contributed by atoms with van der Waals surface area (Å²) in [5, 5.41) is 30.9. The van der Waals surface area contributed by atoms with Crippen LogP contribution in [0, 0.1) is 0 Å². The van der Waals surface area contributed by atoms with Crippen LogP contribution in [-0.2, 0) is 4.74 Å². The van der Waals surface area contributed by atoms with Crippen LogP contribution >= 0.6 is 0 Å². The number of ether oxygens (including phenoxy) is 1. The molecule has 1 aliphatic rings. The lowest BCUT2D eigenvalue weighted by Gasteiger charge is -2.17. The maximum atomic E-state index is 10.1. The molecule has 11 nitrogen and oxygen atoms in total. The number of aliphatic hydroxyl groups excluding tert-OH is 3. The average Bonchev–Trinajstić information content (AvgIpc) is 3.01. The van der Waals surface area contributed by atoms with Gasteiger partial charge in [-0.2, -0.15) is 9.97 Å². The highest BCUT2D eigenvalue weighted by Gasteiger charge is 2.44. The summed E-state index contributed by atoms with van der Waals surface area (Å²) >= 11 is 0. The van der Waals surface area contributed by atoms with Crippen molar-refractivity contribution in [3.05, 3.63) is 6.33 Å². The second-order valence-electron chi connectivity index (χ2n) is 5.49. The Morgan fingerprint density at radius 1 is 1.35 bits per heavy atom. The van der Waals surface area contributed by atoms with E-state index in [2.05, 4.69) is 20.4 Å². The van der Waals surface area contributed by atoms with Crippen LogP contribution in [0.15, 0.2) is 6.33 Å². The quantitative estimate of drug-likeness (QED) is 0.395. The minimum Gasteiger partial charge on any atom is -0.394 e. The van der Waals surface area contributed by atoms with Gasteiger partial charge in [0.15, 0.2) is 23.2 Å². The minimum atomic E-state index is -1.23. The summed E-state index contributed by atoms with van der Waals surface area (Å²) in [5.41, 5.74) is 9.47. The fraction of sp³-hybridized carbons (Fsp3) is 0.583. The topological polar surface area (TPSA) is 155 Å². The Balaban J connectivity index is 2.04. The van der Waals surface area contributed by atoms with Crippen molar-refractivity contribution < 1.29 is 20.1 Å². The Morgan fingerprint density at radius 3 is 2.70 bits per heavy atom. The number of hydrazine groups is 1. The zero-order valence-corrected chi connectivity index (χ0v) is 12.7. The summed E-state index contributed by atoms with van der Waals surface area (Å²) in [7, 11) is 3.57. The smallest absolute Gasteiger partial charge is 0.224 e. The van der Waals surface area contributed by atoms with Gasteiger partial charge in [0.1, 0.15) is 18.3 Å². The van der Waals surface area contributed by atoms with Gasteiger partial charge in [-0.1, -0.05) is 0 Å². The lowest BCUT2D eigenvalue weighted by molar-refractivity contribution is -0.0511. The third-order valence-corrected chi connectivity index (χ3v) is 3.56. The molecule has 23 heavy (non-hydrogen) atoms. The molecule has 2 aromatic rings. The number of rotatable bonds is 4. The Bertz CT molecular complexity index is 706. The molecular formula is C12H19N7O4. The number of nitrogens with two attached hydrogens (primary N) is 1. The Hall–Kier alpha value is -2.05. The predicted molar refractivity (Wildman–Crippen MR) is 80.1 cm³/mol. The number of anilines is 2. The lowest BCUT2D eigenvalue weighted by Crippen LogP contribution is -2.33. The zero-order chi connectivity index (χ0) is 16.7. The van der Waals surface area contributed by atoms with E-state index in [4.69, 9.17) is 10.5 Å². The maximum Gasteiger partial charge on any atom is 0.224 e. The van der Waals surface area contributed by atoms with Gasteiger partial charge in [0.2, 0.25) is 5.95 Å².